The van der Waals surface area contributed by atoms with Crippen molar-refractivity contribution in [3.63, 3.8) is 0 Å². The first-order chi connectivity index (χ1) is 10.3. The van der Waals surface area contributed by atoms with Crippen molar-refractivity contribution in [2.45, 2.75) is 24.9 Å². The Kier molecular flexibility index (Phi) is 3.08. The molecule has 3 nitrogen and oxygen atoms in total. The summed E-state index contributed by atoms with van der Waals surface area (Å²) in [4.78, 5) is 0. The Hall–Kier alpha value is -2.00. The number of hydrogen-bond acceptors (Lipinski definition) is 3. The number of hydrogen-bond donors (Lipinski definition) is 1. The molecule has 0 amide bonds. The number of aliphatic hydroxyl groups is 1. The zero-order chi connectivity index (χ0) is 14.2. The Morgan fingerprint density at radius 2 is 1.52 bits per heavy atom. The SMILES string of the molecule is OC(c1ccc(C2CC2)cc1)c1ccc2c(c1)OCCO2. The number of rotatable bonds is 3. The van der Waals surface area contributed by atoms with Crippen LogP contribution in [0.2, 0.25) is 0 Å². The minimum absolute atomic E-state index is 0.558. The van der Waals surface area contributed by atoms with Gasteiger partial charge < -0.3 is 14.6 Å². The Labute approximate surface area is 124 Å². The Bertz CT molecular complexity index is 644. The maximum Gasteiger partial charge on any atom is 0.161 e. The van der Waals surface area contributed by atoms with Gasteiger partial charge in [-0.3, -0.25) is 0 Å². The van der Waals surface area contributed by atoms with Gasteiger partial charge in [-0.2, -0.15) is 0 Å². The van der Waals surface area contributed by atoms with E-state index in [1.54, 1.807) is 0 Å². The molecular formula is C18H18O3. The highest BCUT2D eigenvalue weighted by molar-refractivity contribution is 5.46. The molecule has 1 fully saturated rings. The van der Waals surface area contributed by atoms with Gasteiger partial charge in [0, 0.05) is 0 Å². The monoisotopic (exact) mass is 282 g/mol. The van der Waals surface area contributed by atoms with E-state index in [1.807, 2.05) is 30.3 Å². The molecule has 108 valence electrons. The van der Waals surface area contributed by atoms with Crippen LogP contribution in [0.15, 0.2) is 42.5 Å². The van der Waals surface area contributed by atoms with Crippen LogP contribution in [0.5, 0.6) is 11.5 Å². The fraction of sp³-hybridized carbons (Fsp3) is 0.333. The molecule has 4 rings (SSSR count). The van der Waals surface area contributed by atoms with Gasteiger partial charge in [-0.1, -0.05) is 30.3 Å². The van der Waals surface area contributed by atoms with Gasteiger partial charge in [-0.25, -0.2) is 0 Å². The smallest absolute Gasteiger partial charge is 0.161 e. The molecule has 2 aliphatic rings. The highest BCUT2D eigenvalue weighted by atomic mass is 16.6. The van der Waals surface area contributed by atoms with E-state index in [4.69, 9.17) is 9.47 Å². The molecule has 2 aromatic carbocycles. The molecule has 3 heteroatoms. The second-order valence-electron chi connectivity index (χ2n) is 5.75. The predicted octanol–water partition coefficient (Wildman–Crippen LogP) is 3.42. The molecule has 1 aliphatic carbocycles. The van der Waals surface area contributed by atoms with Crippen molar-refractivity contribution in [2.75, 3.05) is 13.2 Å². The summed E-state index contributed by atoms with van der Waals surface area (Å²) < 4.78 is 11.1. The zero-order valence-corrected chi connectivity index (χ0v) is 11.8. The van der Waals surface area contributed by atoms with Crippen molar-refractivity contribution >= 4 is 0 Å². The minimum atomic E-state index is -0.630. The van der Waals surface area contributed by atoms with E-state index < -0.39 is 6.10 Å². The van der Waals surface area contributed by atoms with Gasteiger partial charge in [0.05, 0.1) is 0 Å². The first-order valence-corrected chi connectivity index (χ1v) is 7.49. The fourth-order valence-corrected chi connectivity index (χ4v) is 2.79. The van der Waals surface area contributed by atoms with Crippen LogP contribution in [0.4, 0.5) is 0 Å². The van der Waals surface area contributed by atoms with E-state index >= 15 is 0 Å². The van der Waals surface area contributed by atoms with Crippen molar-refractivity contribution in [3.8, 4) is 11.5 Å². The summed E-state index contributed by atoms with van der Waals surface area (Å²) in [6.45, 7) is 1.14. The molecule has 0 saturated heterocycles. The Morgan fingerprint density at radius 3 is 2.24 bits per heavy atom. The van der Waals surface area contributed by atoms with Crippen LogP contribution in [-0.2, 0) is 0 Å². The molecule has 2 aromatic rings. The van der Waals surface area contributed by atoms with Gasteiger partial charge in [0.25, 0.3) is 0 Å². The van der Waals surface area contributed by atoms with Crippen LogP contribution < -0.4 is 9.47 Å². The third-order valence-corrected chi connectivity index (χ3v) is 4.18. The quantitative estimate of drug-likeness (QED) is 0.937. The summed E-state index contributed by atoms with van der Waals surface area (Å²) >= 11 is 0. The largest absolute Gasteiger partial charge is 0.486 e. The molecule has 0 spiro atoms. The summed E-state index contributed by atoms with van der Waals surface area (Å²) in [6, 6.07) is 13.9. The van der Waals surface area contributed by atoms with Crippen molar-refractivity contribution < 1.29 is 14.6 Å². The molecule has 21 heavy (non-hydrogen) atoms. The molecule has 0 radical (unpaired) electrons. The molecule has 1 saturated carbocycles. The van der Waals surface area contributed by atoms with E-state index in [0.717, 1.165) is 22.8 Å². The zero-order valence-electron chi connectivity index (χ0n) is 11.8. The molecule has 0 bridgehead atoms. The minimum Gasteiger partial charge on any atom is -0.486 e. The predicted molar refractivity (Wildman–Crippen MR) is 79.9 cm³/mol. The lowest BCUT2D eigenvalue weighted by Gasteiger charge is -2.20. The average molecular weight is 282 g/mol. The summed E-state index contributed by atoms with van der Waals surface area (Å²) in [5.41, 5.74) is 3.13. The topological polar surface area (TPSA) is 38.7 Å². The molecular weight excluding hydrogens is 264 g/mol. The van der Waals surface area contributed by atoms with Crippen molar-refractivity contribution in [2.24, 2.45) is 0 Å². The molecule has 1 aliphatic heterocycles. The summed E-state index contributed by atoms with van der Waals surface area (Å²) in [5, 5.41) is 10.5. The lowest BCUT2D eigenvalue weighted by molar-refractivity contribution is 0.169. The van der Waals surface area contributed by atoms with E-state index in [-0.39, 0.29) is 0 Å². The summed E-state index contributed by atoms with van der Waals surface area (Å²) in [7, 11) is 0. The first-order valence-electron chi connectivity index (χ1n) is 7.49. The standard InChI is InChI=1S/C18H18O3/c19-18(14-5-3-13(4-6-14)12-1-2-12)15-7-8-16-17(11-15)21-10-9-20-16/h3-8,11-12,18-19H,1-2,9-10H2. The van der Waals surface area contributed by atoms with Crippen molar-refractivity contribution in [3.05, 3.63) is 59.2 Å². The number of ether oxygens (including phenoxy) is 2. The third kappa shape index (κ3) is 2.49. The fourth-order valence-electron chi connectivity index (χ4n) is 2.79. The normalized spacial score (nSPS) is 18.3. The highest BCUT2D eigenvalue weighted by Crippen LogP contribution is 2.40. The molecule has 1 unspecified atom stereocenters. The Morgan fingerprint density at radius 1 is 0.857 bits per heavy atom. The first kappa shape index (κ1) is 12.7. The van der Waals surface area contributed by atoms with E-state index in [1.165, 1.54) is 18.4 Å². The van der Waals surface area contributed by atoms with Crippen LogP contribution >= 0.6 is 0 Å². The molecule has 1 N–H and O–H groups in total. The second-order valence-corrected chi connectivity index (χ2v) is 5.75. The molecule has 1 heterocycles. The van der Waals surface area contributed by atoms with Crippen LogP contribution in [0.25, 0.3) is 0 Å². The number of benzene rings is 2. The lowest BCUT2D eigenvalue weighted by atomic mass is 9.99. The number of fused-ring (bicyclic) bond motifs is 1. The molecule has 0 aromatic heterocycles. The van der Waals surface area contributed by atoms with E-state index in [2.05, 4.69) is 12.1 Å². The van der Waals surface area contributed by atoms with Crippen molar-refractivity contribution in [1.29, 1.82) is 0 Å². The van der Waals surface area contributed by atoms with Crippen molar-refractivity contribution in [1.82, 2.24) is 0 Å². The van der Waals surface area contributed by atoms with E-state index in [9.17, 15) is 5.11 Å². The molecule has 1 atom stereocenters. The van der Waals surface area contributed by atoms with Gasteiger partial charge >= 0.3 is 0 Å². The van der Waals surface area contributed by atoms with Gasteiger partial charge in [-0.15, -0.1) is 0 Å². The maximum absolute atomic E-state index is 10.5. The van der Waals surface area contributed by atoms with E-state index in [0.29, 0.717) is 19.0 Å². The summed E-state index contributed by atoms with van der Waals surface area (Å²) in [5.74, 6) is 2.21. The lowest BCUT2D eigenvalue weighted by Crippen LogP contribution is -2.15. The van der Waals surface area contributed by atoms with Gasteiger partial charge in [0.1, 0.15) is 19.3 Å². The summed E-state index contributed by atoms with van der Waals surface area (Å²) in [6.07, 6.45) is 1.96. The number of aliphatic hydroxyl groups excluding tert-OH is 1. The van der Waals surface area contributed by atoms with Crippen LogP contribution in [-0.4, -0.2) is 18.3 Å². The third-order valence-electron chi connectivity index (χ3n) is 4.18. The van der Waals surface area contributed by atoms with Crippen LogP contribution in [0.3, 0.4) is 0 Å². The average Bonchev–Trinajstić information content (AvgIpc) is 3.39. The van der Waals surface area contributed by atoms with Crippen LogP contribution in [0, 0.1) is 0 Å². The highest BCUT2D eigenvalue weighted by Gasteiger charge is 2.23. The van der Waals surface area contributed by atoms with Gasteiger partial charge in [-0.05, 0) is 47.6 Å². The van der Waals surface area contributed by atoms with Gasteiger partial charge in [0.2, 0.25) is 0 Å². The van der Waals surface area contributed by atoms with Crippen LogP contribution in [0.1, 0.15) is 41.6 Å². The Balaban J connectivity index is 1.59. The maximum atomic E-state index is 10.5. The van der Waals surface area contributed by atoms with Gasteiger partial charge in [0.15, 0.2) is 11.5 Å². The second kappa shape index (κ2) is 5.08.